The Morgan fingerprint density at radius 2 is 2.04 bits per heavy atom. The molecule has 1 aliphatic rings. The molecule has 0 saturated carbocycles. The van der Waals surface area contributed by atoms with Crippen molar-refractivity contribution >= 4 is 5.82 Å². The van der Waals surface area contributed by atoms with Crippen LogP contribution in [-0.2, 0) is 17.9 Å². The molecule has 24 heavy (non-hydrogen) atoms. The van der Waals surface area contributed by atoms with Gasteiger partial charge in [-0.2, -0.15) is 5.10 Å². The fourth-order valence-electron chi connectivity index (χ4n) is 3.03. The molecule has 7 heteroatoms. The van der Waals surface area contributed by atoms with Gasteiger partial charge in [0.15, 0.2) is 5.82 Å². The van der Waals surface area contributed by atoms with Crippen LogP contribution in [0.1, 0.15) is 24.4 Å². The van der Waals surface area contributed by atoms with Crippen molar-refractivity contribution in [1.29, 1.82) is 0 Å². The number of hydrogen-bond acceptors (Lipinski definition) is 6. The molecule has 7 nitrogen and oxygen atoms in total. The Morgan fingerprint density at radius 1 is 1.25 bits per heavy atom. The number of methoxy groups -OCH3 is 1. The Labute approximate surface area is 141 Å². The molecule has 0 N–H and O–H groups in total. The lowest BCUT2D eigenvalue weighted by Crippen LogP contribution is -2.37. The summed E-state index contributed by atoms with van der Waals surface area (Å²) in [5.41, 5.74) is 0.849. The van der Waals surface area contributed by atoms with Crippen LogP contribution in [0.4, 0.5) is 5.82 Å². The number of piperidine rings is 1. The van der Waals surface area contributed by atoms with Gasteiger partial charge < -0.3 is 9.64 Å². The zero-order valence-corrected chi connectivity index (χ0v) is 14.2. The Balaban J connectivity index is 1.60. The lowest BCUT2D eigenvalue weighted by Gasteiger charge is -2.32. The van der Waals surface area contributed by atoms with Crippen LogP contribution in [-0.4, -0.2) is 39.9 Å². The van der Waals surface area contributed by atoms with Crippen molar-refractivity contribution in [2.45, 2.75) is 32.9 Å². The van der Waals surface area contributed by atoms with E-state index in [9.17, 15) is 4.79 Å². The Bertz CT molecular complexity index is 738. The summed E-state index contributed by atoms with van der Waals surface area (Å²) in [6.45, 7) is 4.87. The molecule has 0 bridgehead atoms. The largest absolute Gasteiger partial charge is 0.377 e. The number of aromatic nitrogens is 4. The molecule has 0 radical (unpaired) electrons. The van der Waals surface area contributed by atoms with Gasteiger partial charge in [-0.15, -0.1) is 0 Å². The first kappa shape index (κ1) is 16.6. The van der Waals surface area contributed by atoms with E-state index in [2.05, 4.69) is 20.0 Å². The minimum atomic E-state index is -0.0250. The number of hydrogen-bond donors (Lipinski definition) is 0. The van der Waals surface area contributed by atoms with E-state index in [1.807, 2.05) is 13.0 Å². The molecule has 1 fully saturated rings. The summed E-state index contributed by atoms with van der Waals surface area (Å²) in [5.74, 6) is 2.11. The molecule has 0 unspecified atom stereocenters. The van der Waals surface area contributed by atoms with Gasteiger partial charge in [0.1, 0.15) is 12.4 Å². The first-order chi connectivity index (χ1) is 11.7. The van der Waals surface area contributed by atoms with Gasteiger partial charge in [-0.3, -0.25) is 4.79 Å². The summed E-state index contributed by atoms with van der Waals surface area (Å²) >= 11 is 0. The van der Waals surface area contributed by atoms with Crippen LogP contribution >= 0.6 is 0 Å². The molecule has 0 aromatic carbocycles. The van der Waals surface area contributed by atoms with Crippen molar-refractivity contribution in [3.8, 4) is 0 Å². The van der Waals surface area contributed by atoms with E-state index in [4.69, 9.17) is 4.74 Å². The lowest BCUT2D eigenvalue weighted by molar-refractivity contribution is 0.177. The normalized spacial score (nSPS) is 15.7. The number of aryl methyl sites for hydroxylation is 1. The second kappa shape index (κ2) is 7.53. The van der Waals surface area contributed by atoms with Crippen molar-refractivity contribution < 1.29 is 4.74 Å². The highest BCUT2D eigenvalue weighted by atomic mass is 16.5. The van der Waals surface area contributed by atoms with Crippen LogP contribution < -0.4 is 10.5 Å². The fourth-order valence-corrected chi connectivity index (χ4v) is 3.03. The average Bonchev–Trinajstić information content (AvgIpc) is 2.59. The van der Waals surface area contributed by atoms with Gasteiger partial charge in [0, 0.05) is 39.0 Å². The minimum absolute atomic E-state index is 0.0250. The number of ether oxygens (including phenoxy) is 1. The topological polar surface area (TPSA) is 73.1 Å². The first-order valence-corrected chi connectivity index (χ1v) is 8.26. The third kappa shape index (κ3) is 3.97. The first-order valence-electron chi connectivity index (χ1n) is 8.26. The molecule has 3 heterocycles. The van der Waals surface area contributed by atoms with Crippen LogP contribution in [0.5, 0.6) is 0 Å². The van der Waals surface area contributed by atoms with E-state index >= 15 is 0 Å². The Morgan fingerprint density at radius 3 is 2.79 bits per heavy atom. The quantitative estimate of drug-likeness (QED) is 0.826. The van der Waals surface area contributed by atoms with E-state index in [1.165, 1.54) is 0 Å². The fraction of sp³-hybridized carbons (Fsp3) is 0.529. The van der Waals surface area contributed by atoms with Gasteiger partial charge in [-0.1, -0.05) is 0 Å². The maximum atomic E-state index is 11.9. The molecule has 2 aromatic heterocycles. The molecule has 128 valence electrons. The van der Waals surface area contributed by atoms with E-state index < -0.39 is 0 Å². The predicted octanol–water partition coefficient (Wildman–Crippen LogP) is 1.40. The molecule has 1 saturated heterocycles. The third-order valence-corrected chi connectivity index (χ3v) is 4.33. The van der Waals surface area contributed by atoms with Gasteiger partial charge in [0.2, 0.25) is 0 Å². The standard InChI is InChI=1S/C17H23N5O2/c1-13-3-4-17(23)22(20-13)11-14-6-9-21(10-7-14)16-5-8-18-15(19-16)12-24-2/h3-5,8,14H,6-7,9-12H2,1-2H3. The predicted molar refractivity (Wildman–Crippen MR) is 90.9 cm³/mol. The van der Waals surface area contributed by atoms with Crippen LogP contribution in [0.3, 0.4) is 0 Å². The van der Waals surface area contributed by atoms with Crippen molar-refractivity contribution in [2.75, 3.05) is 25.1 Å². The van der Waals surface area contributed by atoms with Gasteiger partial charge in [0.05, 0.1) is 5.69 Å². The van der Waals surface area contributed by atoms with Crippen LogP contribution in [0.15, 0.2) is 29.2 Å². The summed E-state index contributed by atoms with van der Waals surface area (Å²) in [5, 5.41) is 4.33. The van der Waals surface area contributed by atoms with Crippen LogP contribution in [0, 0.1) is 12.8 Å². The third-order valence-electron chi connectivity index (χ3n) is 4.33. The molecule has 3 rings (SSSR count). The average molecular weight is 329 g/mol. The molecule has 0 atom stereocenters. The second-order valence-corrected chi connectivity index (χ2v) is 6.19. The maximum absolute atomic E-state index is 11.9. The molecule has 0 spiro atoms. The second-order valence-electron chi connectivity index (χ2n) is 6.19. The van der Waals surface area contributed by atoms with E-state index in [-0.39, 0.29) is 5.56 Å². The van der Waals surface area contributed by atoms with Crippen molar-refractivity contribution in [1.82, 2.24) is 19.7 Å². The van der Waals surface area contributed by atoms with Crippen LogP contribution in [0.25, 0.3) is 0 Å². The molecule has 2 aromatic rings. The van der Waals surface area contributed by atoms with E-state index in [0.29, 0.717) is 24.9 Å². The summed E-state index contributed by atoms with van der Waals surface area (Å²) in [7, 11) is 1.64. The highest BCUT2D eigenvalue weighted by Gasteiger charge is 2.21. The smallest absolute Gasteiger partial charge is 0.266 e. The SMILES string of the molecule is COCc1nccc(N2CCC(Cn3nc(C)ccc3=O)CC2)n1. The van der Waals surface area contributed by atoms with Crippen molar-refractivity contribution in [2.24, 2.45) is 5.92 Å². The molecule has 1 aliphatic heterocycles. The van der Waals surface area contributed by atoms with Gasteiger partial charge in [0.25, 0.3) is 5.56 Å². The lowest BCUT2D eigenvalue weighted by atomic mass is 9.97. The number of nitrogens with zero attached hydrogens (tertiary/aromatic N) is 5. The number of anilines is 1. The molecule has 0 aliphatic carbocycles. The summed E-state index contributed by atoms with van der Waals surface area (Å²) in [6, 6.07) is 5.29. The van der Waals surface area contributed by atoms with E-state index in [0.717, 1.165) is 37.4 Å². The van der Waals surface area contributed by atoms with Gasteiger partial charge in [-0.25, -0.2) is 14.6 Å². The van der Waals surface area contributed by atoms with Crippen LogP contribution in [0.2, 0.25) is 0 Å². The summed E-state index contributed by atoms with van der Waals surface area (Å²) in [6.07, 6.45) is 3.82. The Kier molecular flexibility index (Phi) is 5.20. The Hall–Kier alpha value is -2.28. The minimum Gasteiger partial charge on any atom is -0.377 e. The van der Waals surface area contributed by atoms with Crippen molar-refractivity contribution in [3.63, 3.8) is 0 Å². The van der Waals surface area contributed by atoms with Crippen molar-refractivity contribution in [3.05, 3.63) is 46.3 Å². The summed E-state index contributed by atoms with van der Waals surface area (Å²) < 4.78 is 6.69. The zero-order chi connectivity index (χ0) is 16.9. The zero-order valence-electron chi connectivity index (χ0n) is 14.2. The highest BCUT2D eigenvalue weighted by Crippen LogP contribution is 2.22. The molecular weight excluding hydrogens is 306 g/mol. The highest BCUT2D eigenvalue weighted by molar-refractivity contribution is 5.37. The van der Waals surface area contributed by atoms with E-state index in [1.54, 1.807) is 30.1 Å². The molecular formula is C17H23N5O2. The summed E-state index contributed by atoms with van der Waals surface area (Å²) in [4.78, 5) is 22.9. The molecule has 0 amide bonds. The van der Waals surface area contributed by atoms with Gasteiger partial charge >= 0.3 is 0 Å². The number of rotatable bonds is 5. The monoisotopic (exact) mass is 329 g/mol. The van der Waals surface area contributed by atoms with Gasteiger partial charge in [-0.05, 0) is 37.8 Å². The maximum Gasteiger partial charge on any atom is 0.266 e.